The molecular weight excluding hydrogens is 333 g/mol. The summed E-state index contributed by atoms with van der Waals surface area (Å²) in [5.41, 5.74) is 0. The van der Waals surface area contributed by atoms with Gasteiger partial charge in [0.25, 0.3) is 5.97 Å². The summed E-state index contributed by atoms with van der Waals surface area (Å²) < 4.78 is 10.8. The van der Waals surface area contributed by atoms with Crippen LogP contribution in [-0.2, 0) is 57.0 Å². The smallest absolute Gasteiger partial charge is 0.545 e. The average molecular weight is 356 g/mol. The van der Waals surface area contributed by atoms with Crippen LogP contribution in [0.4, 0.5) is 0 Å². The maximum absolute atomic E-state index is 9.31. The van der Waals surface area contributed by atoms with Crippen molar-refractivity contribution in [1.29, 1.82) is 0 Å². The van der Waals surface area contributed by atoms with Crippen LogP contribution >= 0.6 is 0 Å². The third kappa shape index (κ3) is 2200. The molecule has 0 aromatic rings. The second-order valence-electron chi connectivity index (χ2n) is 0.727. The van der Waals surface area contributed by atoms with Crippen LogP contribution in [0.3, 0.4) is 0 Å². The number of carboxylic acid groups (broad SMARTS) is 1. The maximum atomic E-state index is 9.31. The van der Waals surface area contributed by atoms with Crippen LogP contribution in [0.15, 0.2) is 0 Å². The van der Waals surface area contributed by atoms with Crippen molar-refractivity contribution in [3.8, 4) is 0 Å². The standard InChI is InChI=1S/C3H5O2.C2H6.CO2.2CHO.CH4.CH3.2Ni/c1-2-3(4)5;1-2;2-1-3;2*1-2;;;;/h1-2H2,(H,4,5);1-2H3;;2*1H;1H4;1H3;;/q-1;;;2*-1;;-1;2*+2/i;;;2*1D;;;;. The molecule has 116 valence electrons. The van der Waals surface area contributed by atoms with Gasteiger partial charge in [0.2, 0.25) is 0 Å². The zero-order valence-electron chi connectivity index (χ0n) is 11.5. The Morgan fingerprint density at radius 2 is 1.33 bits per heavy atom. The van der Waals surface area contributed by atoms with Crippen molar-refractivity contribution in [2.45, 2.75) is 27.7 Å². The maximum Gasteiger partial charge on any atom is 2.00 e. The second kappa shape index (κ2) is 214. The number of hydrogen-bond acceptors (Lipinski definition) is 5. The van der Waals surface area contributed by atoms with Crippen LogP contribution < -0.4 is 0 Å². The molecule has 6 nitrogen and oxygen atoms in total. The van der Waals surface area contributed by atoms with E-state index in [1.165, 1.54) is 0 Å². The molecule has 0 heterocycles. The van der Waals surface area contributed by atoms with E-state index < -0.39 is 5.97 Å². The predicted molar refractivity (Wildman–Crippen MR) is 60.6 cm³/mol. The molecule has 8 heteroatoms. The number of rotatable bonds is 1. The first-order valence-electron chi connectivity index (χ1n) is 4.10. The summed E-state index contributed by atoms with van der Waals surface area (Å²) in [6, 6.07) is 0. The molecule has 0 aromatic heterocycles. The second-order valence-corrected chi connectivity index (χ2v) is 0.727. The van der Waals surface area contributed by atoms with Gasteiger partial charge in [-0.05, 0) is 0 Å². The summed E-state index contributed by atoms with van der Waals surface area (Å²) in [5.74, 6) is -0.856. The number of carbonyl (C=O) groups is 1. The third-order valence-corrected chi connectivity index (χ3v) is 0.214. The van der Waals surface area contributed by atoms with Crippen LogP contribution in [-0.4, -0.2) is 30.8 Å². The summed E-state index contributed by atoms with van der Waals surface area (Å²) in [6.45, 7) is 8.59. The topological polar surface area (TPSA) is 106 Å². The number of carboxylic acids is 1. The molecule has 0 fully saturated rings. The molecule has 0 aromatic carbocycles. The molecule has 0 bridgehead atoms. The average Bonchev–Trinajstić information content (AvgIpc) is 2.24. The molecule has 0 aliphatic rings. The first-order chi connectivity index (χ1) is 7.51. The summed E-state index contributed by atoms with van der Waals surface area (Å²) in [7, 11) is 0. The van der Waals surface area contributed by atoms with Gasteiger partial charge in [0.15, 0.2) is 0 Å². The van der Waals surface area contributed by atoms with E-state index in [0.29, 0.717) is 0 Å². The molecule has 0 radical (unpaired) electrons. The van der Waals surface area contributed by atoms with Gasteiger partial charge in [0.1, 0.15) is 0 Å². The Morgan fingerprint density at radius 3 is 1.33 bits per heavy atom. The van der Waals surface area contributed by atoms with Crippen LogP contribution in [0.1, 0.15) is 30.4 Å². The number of carbonyl (C=O) groups excluding carboxylic acids is 4. The Kier molecular flexibility index (Phi) is 515. The van der Waals surface area contributed by atoms with Gasteiger partial charge < -0.3 is 29.0 Å². The summed E-state index contributed by atoms with van der Waals surface area (Å²) in [6.07, 6.45) is 0.222. The minimum atomic E-state index is -0.856. The third-order valence-electron chi connectivity index (χ3n) is 0.214. The molecule has 18 heavy (non-hydrogen) atoms. The Morgan fingerprint density at radius 1 is 1.28 bits per heavy atom. The van der Waals surface area contributed by atoms with Gasteiger partial charge in [-0.2, -0.15) is 12.3 Å². The van der Waals surface area contributed by atoms with Crippen molar-refractivity contribution in [3.63, 3.8) is 0 Å². The molecule has 0 amide bonds. The minimum absolute atomic E-state index is 0. The summed E-state index contributed by atoms with van der Waals surface area (Å²) in [5, 5.41) is 7.66. The van der Waals surface area contributed by atoms with Crippen LogP contribution in [0, 0.1) is 14.4 Å². The fourth-order valence-corrected chi connectivity index (χ4v) is 0. The molecule has 0 spiro atoms. The molecule has 0 unspecified atom stereocenters. The van der Waals surface area contributed by atoms with E-state index >= 15 is 0 Å². The molecule has 0 saturated heterocycles. The van der Waals surface area contributed by atoms with Gasteiger partial charge in [-0.25, -0.2) is 0 Å². The molecule has 0 saturated carbocycles. The van der Waals surface area contributed by atoms with Gasteiger partial charge in [0.05, 0.1) is 0 Å². The molecular formula is C10H20Ni2O6. The normalized spacial score (nSPS) is 4.39. The predicted octanol–water partition coefficient (Wildman–Crippen LogP) is 1.27. The van der Waals surface area contributed by atoms with Gasteiger partial charge in [-0.3, -0.25) is 18.3 Å². The molecule has 0 aliphatic heterocycles. The van der Waals surface area contributed by atoms with Gasteiger partial charge in [-0.15, -0.1) is 0 Å². The fourth-order valence-electron chi connectivity index (χ4n) is 0. The number of hydrogen-bond donors (Lipinski definition) is 1. The van der Waals surface area contributed by atoms with E-state index in [1.807, 2.05) is 13.8 Å². The van der Waals surface area contributed by atoms with Crippen LogP contribution in [0.2, 0.25) is 0 Å². The van der Waals surface area contributed by atoms with Gasteiger partial charge in [-0.1, -0.05) is 27.7 Å². The molecule has 1 N–H and O–H groups in total. The summed E-state index contributed by atoms with van der Waals surface area (Å²) >= 11 is 0. The first-order valence-corrected chi connectivity index (χ1v) is 3.10. The molecule has 0 aliphatic carbocycles. The largest absolute Gasteiger partial charge is 2.00 e. The number of aliphatic carboxylic acids is 1. The van der Waals surface area contributed by atoms with E-state index in [4.69, 9.17) is 27.0 Å². The van der Waals surface area contributed by atoms with E-state index in [0.717, 1.165) is 13.5 Å². The van der Waals surface area contributed by atoms with Crippen molar-refractivity contribution in [2.24, 2.45) is 0 Å². The molecule has 0 atom stereocenters. The van der Waals surface area contributed by atoms with Crippen LogP contribution in [0.5, 0.6) is 0 Å². The van der Waals surface area contributed by atoms with E-state index in [-0.39, 0.29) is 60.4 Å². The zero-order chi connectivity index (χ0) is 14.4. The molecule has 0 rings (SSSR count). The Bertz CT molecular complexity index is 171. The zero-order valence-corrected chi connectivity index (χ0v) is 11.5. The fraction of sp³-hybridized carbons (Fsp3) is 0.400. The Balaban J connectivity index is -0.0000000106. The summed E-state index contributed by atoms with van der Waals surface area (Å²) in [4.78, 5) is 42.2. The van der Waals surface area contributed by atoms with E-state index in [9.17, 15) is 4.79 Å². The quantitative estimate of drug-likeness (QED) is 0.431. The van der Waals surface area contributed by atoms with E-state index in [2.05, 4.69) is 6.92 Å². The monoisotopic (exact) mass is 354 g/mol. The van der Waals surface area contributed by atoms with Crippen molar-refractivity contribution in [3.05, 3.63) is 14.4 Å². The van der Waals surface area contributed by atoms with Gasteiger partial charge >= 0.3 is 39.1 Å². The van der Waals surface area contributed by atoms with Crippen molar-refractivity contribution < 1.29 is 64.8 Å². The van der Waals surface area contributed by atoms with Gasteiger partial charge in [0, 0.05) is 0 Å². The Hall–Kier alpha value is -0.823. The van der Waals surface area contributed by atoms with Crippen molar-refractivity contribution in [1.82, 2.24) is 0 Å². The van der Waals surface area contributed by atoms with Crippen molar-refractivity contribution in [2.75, 3.05) is 0 Å². The van der Waals surface area contributed by atoms with E-state index in [1.54, 1.807) is 0 Å². The van der Waals surface area contributed by atoms with Crippen molar-refractivity contribution >= 4 is 25.7 Å². The first kappa shape index (κ1) is 43.4. The Labute approximate surface area is 133 Å². The SMILES string of the molecule is C.CC.O=C=O.[2H][C-]=O.[2H][C-]=O.[CH2-]CC(=O)O.[CH3-].[Ni+2].[Ni+2]. The minimum Gasteiger partial charge on any atom is -0.545 e. The van der Waals surface area contributed by atoms with Crippen LogP contribution in [0.25, 0.3) is 0 Å².